The smallest absolute Gasteiger partial charge is 0.138 e. The summed E-state index contributed by atoms with van der Waals surface area (Å²) in [6.07, 6.45) is 5.75. The molecule has 0 nitrogen and oxygen atoms in total. The number of benzene rings is 8. The van der Waals surface area contributed by atoms with Crippen molar-refractivity contribution in [3.8, 4) is 33.4 Å². The first kappa shape index (κ1) is 28.4. The molecule has 49 heavy (non-hydrogen) atoms. The van der Waals surface area contributed by atoms with E-state index in [-0.39, 0.29) is 5.82 Å². The number of allylic oxidation sites excluding steroid dienone is 1. The van der Waals surface area contributed by atoms with Crippen molar-refractivity contribution in [2.75, 3.05) is 0 Å². The fraction of sp³-hybridized carbons (Fsp3) is 0.0638. The van der Waals surface area contributed by atoms with E-state index in [0.29, 0.717) is 16.7 Å². The highest BCUT2D eigenvalue weighted by atomic mass is 32.1. The molecule has 1 aromatic heterocycles. The van der Waals surface area contributed by atoms with E-state index >= 15 is 4.39 Å². The summed E-state index contributed by atoms with van der Waals surface area (Å²) in [5.74, 6) is 0.306. The molecule has 2 heteroatoms. The van der Waals surface area contributed by atoms with Crippen molar-refractivity contribution < 1.29 is 4.39 Å². The molecule has 0 bridgehead atoms. The highest BCUT2D eigenvalue weighted by molar-refractivity contribution is 7.26. The van der Waals surface area contributed by atoms with Gasteiger partial charge in [0.15, 0.2) is 0 Å². The lowest BCUT2D eigenvalue weighted by Crippen LogP contribution is -2.08. The van der Waals surface area contributed by atoms with Crippen LogP contribution in [-0.4, -0.2) is 0 Å². The van der Waals surface area contributed by atoms with Crippen molar-refractivity contribution in [3.63, 3.8) is 0 Å². The van der Waals surface area contributed by atoms with Gasteiger partial charge < -0.3 is 0 Å². The summed E-state index contributed by atoms with van der Waals surface area (Å²) in [6.45, 7) is 2.32. The van der Waals surface area contributed by atoms with Crippen LogP contribution in [0.15, 0.2) is 146 Å². The Kier molecular flexibility index (Phi) is 6.38. The Morgan fingerprint density at radius 3 is 1.82 bits per heavy atom. The van der Waals surface area contributed by atoms with E-state index in [9.17, 15) is 0 Å². The summed E-state index contributed by atoms with van der Waals surface area (Å²) in [5.41, 5.74) is 10.2. The zero-order chi connectivity index (χ0) is 32.6. The van der Waals surface area contributed by atoms with Crippen molar-refractivity contribution in [2.24, 2.45) is 5.92 Å². The molecule has 0 aliphatic heterocycles. The van der Waals surface area contributed by atoms with Gasteiger partial charge in [-0.15, -0.1) is 11.3 Å². The zero-order valence-electron chi connectivity index (χ0n) is 27.0. The Morgan fingerprint density at radius 1 is 0.531 bits per heavy atom. The second kappa shape index (κ2) is 11.0. The molecule has 0 N–H and O–H groups in total. The summed E-state index contributed by atoms with van der Waals surface area (Å²) in [7, 11) is 0. The van der Waals surface area contributed by atoms with Crippen molar-refractivity contribution in [3.05, 3.63) is 163 Å². The molecular weight excluding hydrogens is 616 g/mol. The second-order valence-electron chi connectivity index (χ2n) is 13.4. The fourth-order valence-corrected chi connectivity index (χ4v) is 9.52. The van der Waals surface area contributed by atoms with E-state index in [0.717, 1.165) is 28.3 Å². The highest BCUT2D eigenvalue weighted by Gasteiger charge is 2.25. The first-order valence-corrected chi connectivity index (χ1v) is 17.8. The van der Waals surface area contributed by atoms with Gasteiger partial charge in [-0.2, -0.15) is 0 Å². The van der Waals surface area contributed by atoms with Gasteiger partial charge in [0.2, 0.25) is 0 Å². The number of thiophene rings is 1. The van der Waals surface area contributed by atoms with E-state index in [1.165, 1.54) is 64.3 Å². The van der Waals surface area contributed by atoms with Crippen LogP contribution in [0.1, 0.15) is 18.1 Å². The van der Waals surface area contributed by atoms with Crippen LogP contribution in [0.4, 0.5) is 4.39 Å². The molecule has 0 radical (unpaired) electrons. The summed E-state index contributed by atoms with van der Waals surface area (Å²) in [5, 5.41) is 8.30. The molecule has 1 aliphatic carbocycles. The lowest BCUT2D eigenvalue weighted by atomic mass is 9.78. The van der Waals surface area contributed by atoms with Crippen LogP contribution in [0.5, 0.6) is 0 Å². The quantitative estimate of drug-likeness (QED) is 0.168. The summed E-state index contributed by atoms with van der Waals surface area (Å²) in [6, 6.07) is 49.3. The topological polar surface area (TPSA) is 0 Å². The molecule has 1 atom stereocenters. The third-order valence-electron chi connectivity index (χ3n) is 10.5. The van der Waals surface area contributed by atoms with E-state index in [4.69, 9.17) is 0 Å². The van der Waals surface area contributed by atoms with Gasteiger partial charge in [0.05, 0.1) is 0 Å². The summed E-state index contributed by atoms with van der Waals surface area (Å²) >= 11 is 1.88. The third kappa shape index (κ3) is 4.27. The van der Waals surface area contributed by atoms with Crippen molar-refractivity contribution >= 4 is 69.9 Å². The number of fused-ring (bicyclic) bond motifs is 7. The van der Waals surface area contributed by atoms with Gasteiger partial charge in [0.25, 0.3) is 0 Å². The molecule has 0 fully saturated rings. The third-order valence-corrected chi connectivity index (χ3v) is 11.7. The average molecular weight is 647 g/mol. The summed E-state index contributed by atoms with van der Waals surface area (Å²) < 4.78 is 18.3. The van der Waals surface area contributed by atoms with Crippen LogP contribution in [0, 0.1) is 11.7 Å². The lowest BCUT2D eigenvalue weighted by molar-refractivity contribution is 0.651. The Morgan fingerprint density at radius 2 is 1.12 bits per heavy atom. The second-order valence-corrected chi connectivity index (χ2v) is 14.4. The van der Waals surface area contributed by atoms with Gasteiger partial charge in [-0.05, 0) is 85.0 Å². The molecule has 0 spiro atoms. The number of hydrogen-bond acceptors (Lipinski definition) is 1. The number of hydrogen-bond donors (Lipinski definition) is 0. The zero-order valence-corrected chi connectivity index (χ0v) is 27.8. The maximum Gasteiger partial charge on any atom is 0.138 e. The van der Waals surface area contributed by atoms with Gasteiger partial charge in [0, 0.05) is 36.5 Å². The predicted molar refractivity (Wildman–Crippen MR) is 210 cm³/mol. The van der Waals surface area contributed by atoms with Crippen LogP contribution in [0.3, 0.4) is 0 Å². The van der Waals surface area contributed by atoms with Crippen LogP contribution in [0.25, 0.3) is 91.9 Å². The number of halogens is 1. The SMILES string of the molecule is C[C@@H]1C=Cc2c(c(-c3cccc4c3sc3ccc(-c5c6ccccc6c(F)c6ccccc56)cc34)c3ccccc3c2-c2ccccc2)C1. The first-order chi connectivity index (χ1) is 24.2. The van der Waals surface area contributed by atoms with Crippen molar-refractivity contribution in [1.29, 1.82) is 0 Å². The number of rotatable bonds is 3. The normalized spacial score (nSPS) is 14.4. The highest BCUT2D eigenvalue weighted by Crippen LogP contribution is 2.49. The van der Waals surface area contributed by atoms with Gasteiger partial charge in [-0.25, -0.2) is 4.39 Å². The molecule has 1 aliphatic rings. The molecule has 9 aromatic rings. The predicted octanol–water partition coefficient (Wildman–Crippen LogP) is 13.9. The maximum absolute atomic E-state index is 15.8. The Labute approximate surface area is 288 Å². The van der Waals surface area contributed by atoms with Crippen LogP contribution in [-0.2, 0) is 6.42 Å². The van der Waals surface area contributed by atoms with E-state index in [1.54, 1.807) is 0 Å². The molecule has 8 aromatic carbocycles. The van der Waals surface area contributed by atoms with E-state index in [2.05, 4.69) is 122 Å². The molecule has 0 saturated heterocycles. The van der Waals surface area contributed by atoms with Crippen LogP contribution >= 0.6 is 11.3 Å². The Balaban J connectivity index is 1.26. The molecule has 10 rings (SSSR count). The van der Waals surface area contributed by atoms with E-state index in [1.807, 2.05) is 47.7 Å². The molecule has 1 heterocycles. The van der Waals surface area contributed by atoms with Crippen molar-refractivity contribution in [2.45, 2.75) is 13.3 Å². The summed E-state index contributed by atoms with van der Waals surface area (Å²) in [4.78, 5) is 0. The van der Waals surface area contributed by atoms with Gasteiger partial charge >= 0.3 is 0 Å². The minimum Gasteiger partial charge on any atom is -0.206 e. The van der Waals surface area contributed by atoms with Gasteiger partial charge in [-0.3, -0.25) is 0 Å². The van der Waals surface area contributed by atoms with E-state index < -0.39 is 0 Å². The molecular formula is C47H31FS. The Hall–Kier alpha value is -5.57. The Bertz CT molecular complexity index is 2760. The molecule has 0 saturated carbocycles. The van der Waals surface area contributed by atoms with Crippen LogP contribution < -0.4 is 0 Å². The maximum atomic E-state index is 15.8. The minimum absolute atomic E-state index is 0.153. The largest absolute Gasteiger partial charge is 0.206 e. The average Bonchev–Trinajstić information content (AvgIpc) is 3.53. The molecule has 232 valence electrons. The monoisotopic (exact) mass is 646 g/mol. The van der Waals surface area contributed by atoms with Gasteiger partial charge in [-0.1, -0.05) is 146 Å². The van der Waals surface area contributed by atoms with Gasteiger partial charge in [0.1, 0.15) is 5.82 Å². The van der Waals surface area contributed by atoms with Crippen LogP contribution in [0.2, 0.25) is 0 Å². The lowest BCUT2D eigenvalue weighted by Gasteiger charge is -2.26. The minimum atomic E-state index is -0.153. The molecule has 0 unspecified atom stereocenters. The van der Waals surface area contributed by atoms with Crippen molar-refractivity contribution in [1.82, 2.24) is 0 Å². The fourth-order valence-electron chi connectivity index (χ4n) is 8.32. The standard InChI is InChI=1S/C47H31FS/c1-28-22-24-35-41(26-28)45(32-15-6-5-14-31(32)43(35)29-12-3-2-4-13-29)39-21-11-20-38-40-27-30(23-25-42(40)49-47(38)39)44-33-16-7-9-18-36(33)46(48)37-19-10-8-17-34(37)44/h2-25,27-28H,26H2,1H3/t28-/m1/s1. The first-order valence-electron chi connectivity index (χ1n) is 17.0. The molecule has 0 amide bonds.